The van der Waals surface area contributed by atoms with Crippen molar-refractivity contribution in [1.29, 1.82) is 0 Å². The van der Waals surface area contributed by atoms with Crippen LogP contribution >= 0.6 is 23.2 Å². The van der Waals surface area contributed by atoms with Crippen LogP contribution in [0.1, 0.15) is 22.8 Å². The highest BCUT2D eigenvalue weighted by atomic mass is 35.5. The number of hydrogen-bond donors (Lipinski definition) is 2. The van der Waals surface area contributed by atoms with Gasteiger partial charge in [-0.25, -0.2) is 10.2 Å². The maximum Gasteiger partial charge on any atom is 0.343 e. The molecule has 3 rings (SSSR count). The van der Waals surface area contributed by atoms with Crippen molar-refractivity contribution in [2.75, 3.05) is 19.0 Å². The summed E-state index contributed by atoms with van der Waals surface area (Å²) in [6, 6.07) is 15.6. The van der Waals surface area contributed by atoms with Crippen LogP contribution in [0.4, 0.5) is 5.69 Å². The second-order valence-corrected chi connectivity index (χ2v) is 7.85. The van der Waals surface area contributed by atoms with Crippen molar-refractivity contribution >= 4 is 52.9 Å². The number of carbonyl (C=O) groups is 3. The number of nitrogens with zero attached hydrogens (tertiary/aromatic N) is 1. The molecule has 9 nitrogen and oxygen atoms in total. The Hall–Kier alpha value is -4.08. The number of ether oxygens (including phenoxy) is 3. The molecule has 0 aromatic heterocycles. The van der Waals surface area contributed by atoms with E-state index in [1.807, 2.05) is 6.92 Å². The molecule has 2 amide bonds. The molecule has 0 unspecified atom stereocenters. The van der Waals surface area contributed by atoms with Gasteiger partial charge in [-0.2, -0.15) is 5.10 Å². The average molecular weight is 530 g/mol. The maximum atomic E-state index is 12.4. The fourth-order valence-electron chi connectivity index (χ4n) is 2.84. The highest BCUT2D eigenvalue weighted by Gasteiger charge is 2.15. The fourth-order valence-corrected chi connectivity index (χ4v) is 3.13. The third kappa shape index (κ3) is 7.21. The molecule has 0 bridgehead atoms. The summed E-state index contributed by atoms with van der Waals surface area (Å²) in [5.41, 5.74) is 3.29. The summed E-state index contributed by atoms with van der Waals surface area (Å²) in [6.07, 6.45) is 1.30. The van der Waals surface area contributed by atoms with E-state index in [2.05, 4.69) is 15.8 Å². The van der Waals surface area contributed by atoms with Crippen LogP contribution in [0.5, 0.6) is 17.2 Å². The molecule has 3 aromatic carbocycles. The predicted molar refractivity (Wildman–Crippen MR) is 136 cm³/mol. The van der Waals surface area contributed by atoms with Crippen molar-refractivity contribution in [3.05, 3.63) is 81.8 Å². The van der Waals surface area contributed by atoms with Gasteiger partial charge >= 0.3 is 17.8 Å². The second-order valence-electron chi connectivity index (χ2n) is 7.04. The van der Waals surface area contributed by atoms with Gasteiger partial charge in [0.05, 0.1) is 35.5 Å². The summed E-state index contributed by atoms with van der Waals surface area (Å²) in [6.45, 7) is 2.38. The number of halogens is 2. The van der Waals surface area contributed by atoms with Crippen LogP contribution < -0.4 is 25.0 Å². The highest BCUT2D eigenvalue weighted by Crippen LogP contribution is 2.29. The van der Waals surface area contributed by atoms with Crippen LogP contribution in [0.3, 0.4) is 0 Å². The molecule has 0 aliphatic rings. The Morgan fingerprint density at radius 3 is 2.33 bits per heavy atom. The first-order chi connectivity index (χ1) is 17.3. The highest BCUT2D eigenvalue weighted by molar-refractivity contribution is 6.42. The Balaban J connectivity index is 1.58. The van der Waals surface area contributed by atoms with Crippen molar-refractivity contribution in [1.82, 2.24) is 5.43 Å². The zero-order valence-corrected chi connectivity index (χ0v) is 20.7. The van der Waals surface area contributed by atoms with Crippen LogP contribution in [0.2, 0.25) is 10.0 Å². The number of carbonyl (C=O) groups excluding carboxylic acids is 3. The van der Waals surface area contributed by atoms with E-state index in [1.54, 1.807) is 30.3 Å². The molecule has 0 aliphatic carbocycles. The van der Waals surface area contributed by atoms with Gasteiger partial charge in [0.25, 0.3) is 0 Å². The van der Waals surface area contributed by atoms with Crippen molar-refractivity contribution in [2.45, 2.75) is 6.92 Å². The Labute approximate surface area is 216 Å². The second kappa shape index (κ2) is 12.6. The summed E-state index contributed by atoms with van der Waals surface area (Å²) >= 11 is 11.8. The molecular weight excluding hydrogens is 509 g/mol. The number of anilines is 1. The van der Waals surface area contributed by atoms with Gasteiger partial charge in [0.2, 0.25) is 0 Å². The lowest BCUT2D eigenvalue weighted by atomic mass is 10.2. The molecule has 0 atom stereocenters. The molecule has 0 heterocycles. The fraction of sp³-hybridized carbons (Fsp3) is 0.120. The zero-order valence-electron chi connectivity index (χ0n) is 19.2. The quantitative estimate of drug-likeness (QED) is 0.143. The summed E-state index contributed by atoms with van der Waals surface area (Å²) < 4.78 is 16.0. The summed E-state index contributed by atoms with van der Waals surface area (Å²) in [5, 5.41) is 6.77. The van der Waals surface area contributed by atoms with Crippen LogP contribution in [0.15, 0.2) is 65.8 Å². The third-order valence-corrected chi connectivity index (χ3v) is 5.29. The SMILES string of the molecule is CCOc1ccc(NC(=O)C(=O)N/N=C/c2ccc(OC(=O)c3ccc(Cl)c(Cl)c3)c(OC)c2)cc1. The lowest BCUT2D eigenvalue weighted by Crippen LogP contribution is -2.32. The molecule has 0 saturated carbocycles. The number of hydrazone groups is 1. The van der Waals surface area contributed by atoms with Crippen LogP contribution in [0.25, 0.3) is 0 Å². The van der Waals surface area contributed by atoms with E-state index >= 15 is 0 Å². The molecule has 2 N–H and O–H groups in total. The number of methoxy groups -OCH3 is 1. The standard InChI is InChI=1S/C25H21Cl2N3O6/c1-3-35-18-8-6-17(7-9-18)29-23(31)24(32)30-28-14-15-4-11-21(22(12-15)34-2)36-25(33)16-5-10-19(26)20(27)13-16/h4-14H,3H2,1-2H3,(H,29,31)(H,30,32)/b28-14+. The molecule has 0 fully saturated rings. The Morgan fingerprint density at radius 2 is 1.67 bits per heavy atom. The van der Waals surface area contributed by atoms with Gasteiger partial charge in [0.15, 0.2) is 11.5 Å². The molecule has 3 aromatic rings. The monoisotopic (exact) mass is 529 g/mol. The van der Waals surface area contributed by atoms with Gasteiger partial charge in [-0.05, 0) is 73.2 Å². The minimum Gasteiger partial charge on any atom is -0.494 e. The van der Waals surface area contributed by atoms with Crippen molar-refractivity contribution in [2.24, 2.45) is 5.10 Å². The summed E-state index contributed by atoms with van der Waals surface area (Å²) in [4.78, 5) is 36.5. The number of esters is 1. The number of rotatable bonds is 8. The number of hydrogen-bond acceptors (Lipinski definition) is 7. The number of amides is 2. The van der Waals surface area contributed by atoms with Crippen LogP contribution in [-0.2, 0) is 9.59 Å². The number of nitrogens with one attached hydrogen (secondary N) is 2. The molecule has 0 saturated heterocycles. The van der Waals surface area contributed by atoms with Gasteiger partial charge in [-0.1, -0.05) is 23.2 Å². The van der Waals surface area contributed by atoms with Gasteiger partial charge < -0.3 is 19.5 Å². The minimum atomic E-state index is -0.959. The predicted octanol–water partition coefficient (Wildman–Crippen LogP) is 4.71. The van der Waals surface area contributed by atoms with Gasteiger partial charge in [0, 0.05) is 5.69 Å². The van der Waals surface area contributed by atoms with E-state index < -0.39 is 17.8 Å². The first kappa shape index (κ1) is 26.5. The maximum absolute atomic E-state index is 12.4. The summed E-state index contributed by atoms with van der Waals surface area (Å²) in [5.74, 6) is -1.46. The van der Waals surface area contributed by atoms with Crippen LogP contribution in [0, 0.1) is 0 Å². The van der Waals surface area contributed by atoms with E-state index in [-0.39, 0.29) is 22.1 Å². The average Bonchev–Trinajstić information content (AvgIpc) is 2.87. The van der Waals surface area contributed by atoms with Gasteiger partial charge in [0.1, 0.15) is 5.75 Å². The first-order valence-electron chi connectivity index (χ1n) is 10.5. The van der Waals surface area contributed by atoms with E-state index in [0.717, 1.165) is 0 Å². The molecule has 11 heteroatoms. The lowest BCUT2D eigenvalue weighted by molar-refractivity contribution is -0.136. The Kier molecular flexibility index (Phi) is 9.26. The van der Waals surface area contributed by atoms with Crippen molar-refractivity contribution in [3.8, 4) is 17.2 Å². The van der Waals surface area contributed by atoms with Crippen molar-refractivity contribution < 1.29 is 28.6 Å². The smallest absolute Gasteiger partial charge is 0.343 e. The van der Waals surface area contributed by atoms with Gasteiger partial charge in [-0.3, -0.25) is 9.59 Å². The van der Waals surface area contributed by atoms with Crippen LogP contribution in [-0.4, -0.2) is 37.7 Å². The molecule has 36 heavy (non-hydrogen) atoms. The van der Waals surface area contributed by atoms with E-state index in [0.29, 0.717) is 28.6 Å². The largest absolute Gasteiger partial charge is 0.494 e. The molecule has 186 valence electrons. The Morgan fingerprint density at radius 1 is 0.917 bits per heavy atom. The lowest BCUT2D eigenvalue weighted by Gasteiger charge is -2.10. The van der Waals surface area contributed by atoms with E-state index in [1.165, 1.54) is 43.7 Å². The van der Waals surface area contributed by atoms with E-state index in [9.17, 15) is 14.4 Å². The number of benzene rings is 3. The first-order valence-corrected chi connectivity index (χ1v) is 11.3. The Bertz CT molecular complexity index is 1300. The normalized spacial score (nSPS) is 10.6. The molecular formula is C25H21Cl2N3O6. The van der Waals surface area contributed by atoms with E-state index in [4.69, 9.17) is 37.4 Å². The van der Waals surface area contributed by atoms with Crippen molar-refractivity contribution in [3.63, 3.8) is 0 Å². The summed E-state index contributed by atoms with van der Waals surface area (Å²) in [7, 11) is 1.40. The minimum absolute atomic E-state index is 0.157. The molecule has 0 spiro atoms. The zero-order chi connectivity index (χ0) is 26.1. The molecule has 0 aliphatic heterocycles. The van der Waals surface area contributed by atoms with Gasteiger partial charge in [-0.15, -0.1) is 0 Å². The third-order valence-electron chi connectivity index (χ3n) is 4.55. The molecule has 0 radical (unpaired) electrons. The topological polar surface area (TPSA) is 115 Å².